The molecule has 72 valence electrons. The zero-order valence-corrected chi connectivity index (χ0v) is 8.48. The lowest BCUT2D eigenvalue weighted by atomic mass is 10.2. The van der Waals surface area contributed by atoms with Crippen molar-refractivity contribution < 1.29 is 9.59 Å². The number of thiocarbonyl (C=S) groups is 1. The molecule has 0 bridgehead atoms. The maximum absolute atomic E-state index is 11.4. The van der Waals surface area contributed by atoms with Crippen LogP contribution in [0.2, 0.25) is 0 Å². The third-order valence-corrected chi connectivity index (χ3v) is 2.38. The van der Waals surface area contributed by atoms with Crippen LogP contribution in [0.1, 0.15) is 26.7 Å². The van der Waals surface area contributed by atoms with Gasteiger partial charge in [-0.2, -0.15) is 0 Å². The molecule has 0 aromatic heterocycles. The van der Waals surface area contributed by atoms with Gasteiger partial charge in [0.15, 0.2) is 5.11 Å². The van der Waals surface area contributed by atoms with Gasteiger partial charge in [-0.25, -0.2) is 0 Å². The molecule has 1 N–H and O–H groups in total. The standard InChI is InChI=1S/C8H12N2O2S/c1-3-5(2)10-7(12)4-6(11)9-8(10)13/h5H,3-4H2,1-2H3,(H,9,11,13). The fraction of sp³-hybridized carbons (Fsp3) is 0.625. The number of carbonyl (C=O) groups excluding carboxylic acids is 2. The molecule has 1 saturated heterocycles. The molecule has 1 fully saturated rings. The number of nitrogens with zero attached hydrogens (tertiary/aromatic N) is 1. The highest BCUT2D eigenvalue weighted by Gasteiger charge is 2.30. The number of carbonyl (C=O) groups is 2. The average Bonchev–Trinajstić information content (AvgIpc) is 2.02. The summed E-state index contributed by atoms with van der Waals surface area (Å²) < 4.78 is 0. The van der Waals surface area contributed by atoms with Gasteiger partial charge in [0.25, 0.3) is 0 Å². The average molecular weight is 200 g/mol. The van der Waals surface area contributed by atoms with E-state index in [0.717, 1.165) is 6.42 Å². The van der Waals surface area contributed by atoms with Crippen LogP contribution in [-0.4, -0.2) is 27.9 Å². The Labute approximate surface area is 82.3 Å². The van der Waals surface area contributed by atoms with Crippen molar-refractivity contribution in [3.05, 3.63) is 0 Å². The van der Waals surface area contributed by atoms with E-state index in [1.165, 1.54) is 4.90 Å². The van der Waals surface area contributed by atoms with Crippen molar-refractivity contribution in [3.63, 3.8) is 0 Å². The van der Waals surface area contributed by atoms with Gasteiger partial charge in [0.1, 0.15) is 6.42 Å². The molecule has 1 aliphatic rings. The van der Waals surface area contributed by atoms with E-state index in [2.05, 4.69) is 5.32 Å². The van der Waals surface area contributed by atoms with E-state index in [9.17, 15) is 9.59 Å². The summed E-state index contributed by atoms with van der Waals surface area (Å²) in [5.41, 5.74) is 0. The lowest BCUT2D eigenvalue weighted by Crippen LogP contribution is -2.55. The van der Waals surface area contributed by atoms with E-state index in [-0.39, 0.29) is 29.4 Å². The summed E-state index contributed by atoms with van der Waals surface area (Å²) in [6.45, 7) is 3.87. The first-order valence-corrected chi connectivity index (χ1v) is 4.63. The Morgan fingerprint density at radius 1 is 1.62 bits per heavy atom. The van der Waals surface area contributed by atoms with Crippen LogP contribution in [0.25, 0.3) is 0 Å². The summed E-state index contributed by atoms with van der Waals surface area (Å²) in [5, 5.41) is 2.70. The molecule has 13 heavy (non-hydrogen) atoms. The van der Waals surface area contributed by atoms with E-state index >= 15 is 0 Å². The van der Waals surface area contributed by atoms with E-state index in [4.69, 9.17) is 12.2 Å². The van der Waals surface area contributed by atoms with Gasteiger partial charge < -0.3 is 5.32 Å². The van der Waals surface area contributed by atoms with Crippen molar-refractivity contribution in [1.29, 1.82) is 0 Å². The van der Waals surface area contributed by atoms with Gasteiger partial charge in [-0.3, -0.25) is 14.5 Å². The molecule has 1 unspecified atom stereocenters. The van der Waals surface area contributed by atoms with Gasteiger partial charge in [0.2, 0.25) is 11.8 Å². The third kappa shape index (κ3) is 2.03. The highest BCUT2D eigenvalue weighted by Crippen LogP contribution is 2.10. The molecule has 4 nitrogen and oxygen atoms in total. The molecule has 2 amide bonds. The quantitative estimate of drug-likeness (QED) is 0.519. The molecule has 0 saturated carbocycles. The van der Waals surface area contributed by atoms with Gasteiger partial charge >= 0.3 is 0 Å². The minimum absolute atomic E-state index is 0.0561. The summed E-state index contributed by atoms with van der Waals surface area (Å²) >= 11 is 4.90. The number of nitrogens with one attached hydrogen (secondary N) is 1. The fourth-order valence-corrected chi connectivity index (χ4v) is 1.58. The predicted molar refractivity (Wildman–Crippen MR) is 52.0 cm³/mol. The maximum atomic E-state index is 11.4. The highest BCUT2D eigenvalue weighted by atomic mass is 32.1. The largest absolute Gasteiger partial charge is 0.302 e. The molecule has 0 aromatic carbocycles. The lowest BCUT2D eigenvalue weighted by Gasteiger charge is -2.31. The number of hydrogen-bond donors (Lipinski definition) is 1. The summed E-state index contributed by atoms with van der Waals surface area (Å²) in [7, 11) is 0. The SMILES string of the molecule is CCC(C)N1C(=O)CC(=O)NC1=S. The van der Waals surface area contributed by atoms with Crippen molar-refractivity contribution >= 4 is 29.1 Å². The summed E-state index contributed by atoms with van der Waals surface area (Å²) in [6, 6.07) is 0.0561. The second-order valence-corrected chi connectivity index (χ2v) is 3.44. The van der Waals surface area contributed by atoms with Crippen molar-refractivity contribution in [2.24, 2.45) is 0 Å². The first-order chi connectivity index (χ1) is 6.06. The van der Waals surface area contributed by atoms with Crippen molar-refractivity contribution in [3.8, 4) is 0 Å². The number of hydrogen-bond acceptors (Lipinski definition) is 3. The van der Waals surface area contributed by atoms with Gasteiger partial charge in [-0.05, 0) is 25.6 Å². The van der Waals surface area contributed by atoms with Crippen LogP contribution in [0.5, 0.6) is 0 Å². The minimum atomic E-state index is -0.311. The summed E-state index contributed by atoms with van der Waals surface area (Å²) in [5.74, 6) is -0.516. The lowest BCUT2D eigenvalue weighted by molar-refractivity contribution is -0.136. The molecule has 0 aliphatic carbocycles. The Morgan fingerprint density at radius 2 is 2.23 bits per heavy atom. The van der Waals surface area contributed by atoms with Crippen molar-refractivity contribution in [2.75, 3.05) is 0 Å². The first kappa shape index (κ1) is 10.1. The molecular weight excluding hydrogens is 188 g/mol. The molecule has 1 atom stereocenters. The monoisotopic (exact) mass is 200 g/mol. The van der Waals surface area contributed by atoms with Gasteiger partial charge in [-0.15, -0.1) is 0 Å². The van der Waals surface area contributed by atoms with Crippen LogP contribution in [0.3, 0.4) is 0 Å². The van der Waals surface area contributed by atoms with E-state index in [0.29, 0.717) is 0 Å². The highest BCUT2D eigenvalue weighted by molar-refractivity contribution is 7.80. The van der Waals surface area contributed by atoms with Gasteiger partial charge in [-0.1, -0.05) is 6.92 Å². The second kappa shape index (κ2) is 3.83. The molecule has 1 aliphatic heterocycles. The summed E-state index contributed by atoms with van der Waals surface area (Å²) in [4.78, 5) is 23.8. The molecule has 1 rings (SSSR count). The van der Waals surface area contributed by atoms with E-state index < -0.39 is 0 Å². The predicted octanol–water partition coefficient (Wildman–Crippen LogP) is 0.418. The Kier molecular flexibility index (Phi) is 2.98. The topological polar surface area (TPSA) is 49.4 Å². The molecule has 1 heterocycles. The molecule has 0 aromatic rings. The van der Waals surface area contributed by atoms with Crippen LogP contribution in [-0.2, 0) is 9.59 Å². The van der Waals surface area contributed by atoms with Crippen LogP contribution in [0.15, 0.2) is 0 Å². The van der Waals surface area contributed by atoms with Crippen LogP contribution in [0, 0.1) is 0 Å². The zero-order chi connectivity index (χ0) is 10.0. The fourth-order valence-electron chi connectivity index (χ4n) is 1.19. The van der Waals surface area contributed by atoms with Crippen molar-refractivity contribution in [2.45, 2.75) is 32.7 Å². The Balaban J connectivity index is 2.78. The number of amides is 2. The Morgan fingerprint density at radius 3 is 2.69 bits per heavy atom. The zero-order valence-electron chi connectivity index (χ0n) is 7.66. The van der Waals surface area contributed by atoms with Gasteiger partial charge in [0.05, 0.1) is 0 Å². The van der Waals surface area contributed by atoms with E-state index in [1.54, 1.807) is 0 Å². The second-order valence-electron chi connectivity index (χ2n) is 3.05. The van der Waals surface area contributed by atoms with Crippen LogP contribution >= 0.6 is 12.2 Å². The summed E-state index contributed by atoms with van der Waals surface area (Å²) in [6.07, 6.45) is 0.728. The Bertz CT molecular complexity index is 245. The van der Waals surface area contributed by atoms with E-state index in [1.807, 2.05) is 13.8 Å². The number of rotatable bonds is 2. The molecule has 5 heteroatoms. The molecule has 0 spiro atoms. The smallest absolute Gasteiger partial charge is 0.238 e. The van der Waals surface area contributed by atoms with Gasteiger partial charge in [0, 0.05) is 6.04 Å². The van der Waals surface area contributed by atoms with Crippen LogP contribution in [0.4, 0.5) is 0 Å². The first-order valence-electron chi connectivity index (χ1n) is 4.22. The molecule has 0 radical (unpaired) electrons. The van der Waals surface area contributed by atoms with Crippen molar-refractivity contribution in [1.82, 2.24) is 10.2 Å². The Hall–Kier alpha value is -0.970. The molecular formula is C8H12N2O2S. The maximum Gasteiger partial charge on any atom is 0.238 e. The normalized spacial score (nSPS) is 20.2. The van der Waals surface area contributed by atoms with Crippen LogP contribution < -0.4 is 5.32 Å². The third-order valence-electron chi connectivity index (χ3n) is 2.08. The minimum Gasteiger partial charge on any atom is -0.302 e.